The van der Waals surface area contributed by atoms with Crippen LogP contribution in [-0.4, -0.2) is 52.8 Å². The molecule has 0 saturated carbocycles. The molecule has 0 aliphatic carbocycles. The van der Waals surface area contributed by atoms with Crippen molar-refractivity contribution in [2.75, 3.05) is 32.6 Å². The van der Waals surface area contributed by atoms with E-state index < -0.39 is 0 Å². The van der Waals surface area contributed by atoms with Crippen LogP contribution in [0.15, 0.2) is 48.5 Å². The molecule has 1 heterocycles. The fraction of sp³-hybridized carbons (Fsp3) is 0.318. The number of carbonyl (C=O) groups is 1. The van der Waals surface area contributed by atoms with Crippen LogP contribution in [0.3, 0.4) is 0 Å². The van der Waals surface area contributed by atoms with E-state index in [9.17, 15) is 4.79 Å². The molecule has 0 saturated heterocycles. The minimum atomic E-state index is -0.180. The first-order chi connectivity index (χ1) is 14.4. The van der Waals surface area contributed by atoms with Crippen LogP contribution in [0.1, 0.15) is 12.0 Å². The fourth-order valence-corrected chi connectivity index (χ4v) is 3.21. The van der Waals surface area contributed by atoms with Crippen molar-refractivity contribution in [1.82, 2.24) is 19.7 Å². The Morgan fingerprint density at radius 3 is 2.70 bits per heavy atom. The molecular weight excluding hydrogens is 398 g/mol. The van der Waals surface area contributed by atoms with Crippen molar-refractivity contribution in [3.8, 4) is 17.1 Å². The van der Waals surface area contributed by atoms with Gasteiger partial charge in [-0.25, -0.2) is 0 Å². The van der Waals surface area contributed by atoms with Gasteiger partial charge in [0.05, 0.1) is 6.61 Å². The average molecular weight is 426 g/mol. The molecular formula is C22H27N5O2S. The van der Waals surface area contributed by atoms with Crippen LogP contribution in [0.2, 0.25) is 0 Å². The van der Waals surface area contributed by atoms with Gasteiger partial charge in [-0.15, -0.1) is 0 Å². The highest BCUT2D eigenvalue weighted by atomic mass is 32.1. The molecule has 0 radical (unpaired) electrons. The topological polar surface area (TPSA) is 75.2 Å². The van der Waals surface area contributed by atoms with Gasteiger partial charge in [0.25, 0.3) is 0 Å². The third kappa shape index (κ3) is 6.01. The lowest BCUT2D eigenvalue weighted by molar-refractivity contribution is -0.116. The quantitative estimate of drug-likeness (QED) is 0.402. The van der Waals surface area contributed by atoms with E-state index in [1.165, 1.54) is 0 Å². The Balaban J connectivity index is 1.60. The Hall–Kier alpha value is -2.97. The number of hydrogen-bond acceptors (Lipinski definition) is 5. The van der Waals surface area contributed by atoms with Crippen LogP contribution in [0, 0.1) is 11.7 Å². The molecule has 0 bridgehead atoms. The van der Waals surface area contributed by atoms with Gasteiger partial charge in [-0.1, -0.05) is 23.8 Å². The van der Waals surface area contributed by atoms with Crippen molar-refractivity contribution < 1.29 is 9.53 Å². The second kappa shape index (κ2) is 10.2. The first-order valence-corrected chi connectivity index (χ1v) is 10.2. The molecule has 3 aromatic rings. The lowest BCUT2D eigenvalue weighted by Gasteiger charge is -2.11. The Kier molecular flexibility index (Phi) is 7.37. The summed E-state index contributed by atoms with van der Waals surface area (Å²) in [4.78, 5) is 14.7. The van der Waals surface area contributed by atoms with Crippen LogP contribution in [-0.2, 0) is 11.3 Å². The van der Waals surface area contributed by atoms with Crippen molar-refractivity contribution in [2.24, 2.45) is 0 Å². The second-order valence-electron chi connectivity index (χ2n) is 7.39. The van der Waals surface area contributed by atoms with Crippen LogP contribution < -0.4 is 10.1 Å². The van der Waals surface area contributed by atoms with Crippen molar-refractivity contribution in [3.63, 3.8) is 0 Å². The van der Waals surface area contributed by atoms with Crippen molar-refractivity contribution in [3.05, 3.63) is 58.9 Å². The molecule has 1 amide bonds. The SMILES string of the molecule is Cc1cccc(-c2n[nH]c(=S)n2CC(=O)Nc2ccc(OCCCN(C)C)cc2)c1. The van der Waals surface area contributed by atoms with E-state index in [0.29, 0.717) is 22.9 Å². The molecule has 8 heteroatoms. The zero-order valence-electron chi connectivity index (χ0n) is 17.5. The molecule has 0 aliphatic rings. The van der Waals surface area contributed by atoms with E-state index in [2.05, 4.69) is 20.4 Å². The predicted octanol–water partition coefficient (Wildman–Crippen LogP) is 3.89. The number of anilines is 1. The average Bonchev–Trinajstić information content (AvgIpc) is 3.06. The molecule has 2 N–H and O–H groups in total. The third-order valence-corrected chi connectivity index (χ3v) is 4.80. The number of benzene rings is 2. The third-order valence-electron chi connectivity index (χ3n) is 4.49. The minimum Gasteiger partial charge on any atom is -0.494 e. The van der Waals surface area contributed by atoms with Crippen molar-refractivity contribution in [2.45, 2.75) is 19.9 Å². The molecule has 158 valence electrons. The van der Waals surface area contributed by atoms with Gasteiger partial charge in [0.2, 0.25) is 5.91 Å². The maximum Gasteiger partial charge on any atom is 0.244 e. The van der Waals surface area contributed by atoms with Crippen LogP contribution in [0.4, 0.5) is 5.69 Å². The predicted molar refractivity (Wildman–Crippen MR) is 121 cm³/mol. The number of hydrogen-bond donors (Lipinski definition) is 2. The Morgan fingerprint density at radius 2 is 2.00 bits per heavy atom. The van der Waals surface area contributed by atoms with Gasteiger partial charge in [0.1, 0.15) is 12.3 Å². The van der Waals surface area contributed by atoms with Gasteiger partial charge >= 0.3 is 0 Å². The summed E-state index contributed by atoms with van der Waals surface area (Å²) in [7, 11) is 4.08. The summed E-state index contributed by atoms with van der Waals surface area (Å²) in [6.45, 7) is 3.72. The van der Waals surface area contributed by atoms with Gasteiger partial charge in [0.15, 0.2) is 10.6 Å². The largest absolute Gasteiger partial charge is 0.494 e. The number of H-pyrrole nitrogens is 1. The van der Waals surface area contributed by atoms with Gasteiger partial charge in [-0.2, -0.15) is 5.10 Å². The van der Waals surface area contributed by atoms with Crippen molar-refractivity contribution >= 4 is 23.8 Å². The lowest BCUT2D eigenvalue weighted by atomic mass is 10.1. The number of aryl methyl sites for hydroxylation is 1. The molecule has 0 spiro atoms. The monoisotopic (exact) mass is 425 g/mol. The Bertz CT molecular complexity index is 1040. The van der Waals surface area contributed by atoms with Crippen LogP contribution >= 0.6 is 12.2 Å². The van der Waals surface area contributed by atoms with E-state index in [1.807, 2.05) is 69.6 Å². The van der Waals surface area contributed by atoms with Gasteiger partial charge < -0.3 is 15.0 Å². The summed E-state index contributed by atoms with van der Waals surface area (Å²) in [5.41, 5.74) is 2.72. The van der Waals surface area contributed by atoms with E-state index in [0.717, 1.165) is 29.8 Å². The van der Waals surface area contributed by atoms with E-state index in [4.69, 9.17) is 17.0 Å². The summed E-state index contributed by atoms with van der Waals surface area (Å²) < 4.78 is 7.82. The summed E-state index contributed by atoms with van der Waals surface area (Å²) in [6, 6.07) is 15.3. The van der Waals surface area contributed by atoms with Crippen molar-refractivity contribution in [1.29, 1.82) is 0 Å². The maximum atomic E-state index is 12.6. The first kappa shape index (κ1) is 21.7. The molecule has 1 aromatic heterocycles. The highest BCUT2D eigenvalue weighted by Gasteiger charge is 2.13. The molecule has 0 aliphatic heterocycles. The van der Waals surface area contributed by atoms with Crippen LogP contribution in [0.5, 0.6) is 5.75 Å². The van der Waals surface area contributed by atoms with Gasteiger partial charge in [-0.3, -0.25) is 14.5 Å². The molecule has 2 aromatic carbocycles. The minimum absolute atomic E-state index is 0.0708. The summed E-state index contributed by atoms with van der Waals surface area (Å²) in [5.74, 6) is 1.24. The zero-order chi connectivity index (χ0) is 21.5. The molecule has 0 atom stereocenters. The Morgan fingerprint density at radius 1 is 1.23 bits per heavy atom. The summed E-state index contributed by atoms with van der Waals surface area (Å²) in [6.07, 6.45) is 0.958. The number of aromatic nitrogens is 3. The fourth-order valence-electron chi connectivity index (χ4n) is 3.02. The molecule has 7 nitrogen and oxygen atoms in total. The smallest absolute Gasteiger partial charge is 0.244 e. The van der Waals surface area contributed by atoms with Crippen LogP contribution in [0.25, 0.3) is 11.4 Å². The number of aromatic amines is 1. The number of nitrogens with zero attached hydrogens (tertiary/aromatic N) is 3. The molecule has 0 unspecified atom stereocenters. The maximum absolute atomic E-state index is 12.6. The Labute approximate surface area is 181 Å². The zero-order valence-corrected chi connectivity index (χ0v) is 18.3. The molecule has 0 fully saturated rings. The standard InChI is InChI=1S/C22H27N5O2S/c1-16-6-4-7-17(14-16)21-24-25-22(30)27(21)15-20(28)23-18-8-10-19(11-9-18)29-13-5-12-26(2)3/h4,6-11,14H,5,12-13,15H2,1-3H3,(H,23,28)(H,25,30). The summed E-state index contributed by atoms with van der Waals surface area (Å²) in [5, 5.41) is 9.97. The normalized spacial score (nSPS) is 10.9. The number of amides is 1. The second-order valence-corrected chi connectivity index (χ2v) is 7.77. The van der Waals surface area contributed by atoms with E-state index >= 15 is 0 Å². The van der Waals surface area contributed by atoms with E-state index in [-0.39, 0.29) is 12.5 Å². The highest BCUT2D eigenvalue weighted by molar-refractivity contribution is 7.71. The number of ether oxygens (including phenoxy) is 1. The molecule has 3 rings (SSSR count). The number of nitrogens with one attached hydrogen (secondary N) is 2. The lowest BCUT2D eigenvalue weighted by Crippen LogP contribution is -2.19. The van der Waals surface area contributed by atoms with E-state index in [1.54, 1.807) is 4.57 Å². The van der Waals surface area contributed by atoms with Gasteiger partial charge in [-0.05, 0) is 70.0 Å². The number of rotatable bonds is 9. The highest BCUT2D eigenvalue weighted by Crippen LogP contribution is 2.19. The first-order valence-electron chi connectivity index (χ1n) is 9.82. The summed E-state index contributed by atoms with van der Waals surface area (Å²) >= 11 is 5.32. The number of carbonyl (C=O) groups excluding carboxylic acids is 1. The van der Waals surface area contributed by atoms with Gasteiger partial charge in [0, 0.05) is 17.8 Å². The molecule has 30 heavy (non-hydrogen) atoms.